The Kier molecular flexibility index (Phi) is 4.49. The van der Waals surface area contributed by atoms with Crippen molar-refractivity contribution in [2.75, 3.05) is 0 Å². The van der Waals surface area contributed by atoms with E-state index in [1.807, 2.05) is 30.3 Å². The van der Waals surface area contributed by atoms with Crippen LogP contribution < -0.4 is 0 Å². The Bertz CT molecular complexity index is 1050. The molecule has 4 rings (SSSR count). The van der Waals surface area contributed by atoms with Crippen LogP contribution in [-0.2, 0) is 0 Å². The summed E-state index contributed by atoms with van der Waals surface area (Å²) in [5, 5.41) is 13.7. The first kappa shape index (κ1) is 17.8. The first-order valence-corrected chi connectivity index (χ1v) is 9.60. The molecule has 1 heteroatoms. The van der Waals surface area contributed by atoms with Crippen LogP contribution in [0.3, 0.4) is 0 Å². The van der Waals surface area contributed by atoms with E-state index in [0.717, 1.165) is 16.5 Å². The van der Waals surface area contributed by atoms with Gasteiger partial charge in [-0.3, -0.25) is 0 Å². The third kappa shape index (κ3) is 2.83. The molecule has 0 aromatic heterocycles. The van der Waals surface area contributed by atoms with Gasteiger partial charge in [-0.05, 0) is 66.3 Å². The number of rotatable bonds is 3. The van der Waals surface area contributed by atoms with Crippen LogP contribution in [0.1, 0.15) is 56.4 Å². The fraction of sp³-hybridized carbons (Fsp3) is 0.231. The van der Waals surface area contributed by atoms with E-state index in [0.29, 0.717) is 0 Å². The molecule has 1 aliphatic rings. The molecule has 27 heavy (non-hydrogen) atoms. The lowest BCUT2D eigenvalue weighted by Crippen LogP contribution is -2.10. The summed E-state index contributed by atoms with van der Waals surface area (Å²) in [4.78, 5) is 0. The first-order valence-electron chi connectivity index (χ1n) is 9.60. The molecule has 1 aliphatic carbocycles. The van der Waals surface area contributed by atoms with Crippen LogP contribution in [0.25, 0.3) is 10.8 Å². The quantitative estimate of drug-likeness (QED) is 0.555. The second kappa shape index (κ2) is 6.83. The minimum Gasteiger partial charge on any atom is -0.384 e. The van der Waals surface area contributed by atoms with Crippen LogP contribution in [0.15, 0.2) is 89.0 Å². The Labute approximate surface area is 161 Å². The molecule has 0 bridgehead atoms. The third-order valence-corrected chi connectivity index (χ3v) is 6.32. The number of allylic oxidation sites excluding steroid dienone is 4. The Hall–Kier alpha value is -2.64. The van der Waals surface area contributed by atoms with Crippen molar-refractivity contribution >= 4 is 10.8 Å². The number of aliphatic hydroxyl groups is 1. The molecule has 1 N–H and O–H groups in total. The highest BCUT2D eigenvalue weighted by atomic mass is 16.3. The van der Waals surface area contributed by atoms with Crippen LogP contribution in [0, 0.1) is 0 Å². The van der Waals surface area contributed by atoms with Gasteiger partial charge in [0.1, 0.15) is 6.10 Å². The SMILES string of the molecule is CC1=C(C)C(c2ccc3ccccc3c2C(O)c2ccccc2)C(C)=C1C. The second-order valence-corrected chi connectivity index (χ2v) is 7.65. The summed E-state index contributed by atoms with van der Waals surface area (Å²) in [5.41, 5.74) is 8.73. The smallest absolute Gasteiger partial charge is 0.105 e. The van der Waals surface area contributed by atoms with Crippen LogP contribution in [-0.4, -0.2) is 5.11 Å². The summed E-state index contributed by atoms with van der Waals surface area (Å²) in [6, 6.07) is 22.8. The van der Waals surface area contributed by atoms with E-state index in [9.17, 15) is 5.11 Å². The highest BCUT2D eigenvalue weighted by Crippen LogP contribution is 2.47. The monoisotopic (exact) mass is 354 g/mol. The van der Waals surface area contributed by atoms with Crippen LogP contribution in [0.4, 0.5) is 0 Å². The Morgan fingerprint density at radius 2 is 1.30 bits per heavy atom. The maximum absolute atomic E-state index is 11.4. The van der Waals surface area contributed by atoms with Gasteiger partial charge in [-0.25, -0.2) is 0 Å². The van der Waals surface area contributed by atoms with Crippen molar-refractivity contribution in [3.05, 3.63) is 106 Å². The van der Waals surface area contributed by atoms with E-state index in [4.69, 9.17) is 0 Å². The Morgan fingerprint density at radius 1 is 0.704 bits per heavy atom. The van der Waals surface area contributed by atoms with Gasteiger partial charge < -0.3 is 5.11 Å². The zero-order chi connectivity index (χ0) is 19.1. The van der Waals surface area contributed by atoms with Gasteiger partial charge in [-0.2, -0.15) is 0 Å². The van der Waals surface area contributed by atoms with Crippen LogP contribution in [0.2, 0.25) is 0 Å². The van der Waals surface area contributed by atoms with Crippen molar-refractivity contribution in [3.63, 3.8) is 0 Å². The zero-order valence-corrected chi connectivity index (χ0v) is 16.5. The molecule has 1 unspecified atom stereocenters. The van der Waals surface area contributed by atoms with E-state index in [-0.39, 0.29) is 5.92 Å². The highest BCUT2D eigenvalue weighted by Gasteiger charge is 2.30. The van der Waals surface area contributed by atoms with Gasteiger partial charge in [0.05, 0.1) is 0 Å². The molecule has 0 saturated heterocycles. The molecule has 136 valence electrons. The van der Waals surface area contributed by atoms with Crippen LogP contribution >= 0.6 is 0 Å². The molecular formula is C26H26O. The summed E-state index contributed by atoms with van der Waals surface area (Å²) in [7, 11) is 0. The summed E-state index contributed by atoms with van der Waals surface area (Å²) in [5.74, 6) is 0.239. The molecule has 0 radical (unpaired) electrons. The van der Waals surface area contributed by atoms with Gasteiger partial charge in [0.15, 0.2) is 0 Å². The Morgan fingerprint density at radius 3 is 1.96 bits per heavy atom. The summed E-state index contributed by atoms with van der Waals surface area (Å²) in [6.07, 6.45) is -0.644. The van der Waals surface area contributed by atoms with Crippen molar-refractivity contribution in [2.24, 2.45) is 0 Å². The number of hydrogen-bond acceptors (Lipinski definition) is 1. The lowest BCUT2D eigenvalue weighted by atomic mass is 9.81. The van der Waals surface area contributed by atoms with Gasteiger partial charge in [0, 0.05) is 5.92 Å². The molecule has 1 atom stereocenters. The van der Waals surface area contributed by atoms with E-state index in [1.165, 1.54) is 33.2 Å². The number of fused-ring (bicyclic) bond motifs is 1. The zero-order valence-electron chi connectivity index (χ0n) is 16.5. The third-order valence-electron chi connectivity index (χ3n) is 6.32. The molecule has 0 aliphatic heterocycles. The lowest BCUT2D eigenvalue weighted by Gasteiger charge is -2.24. The molecule has 0 fully saturated rings. The molecule has 1 nitrogen and oxygen atoms in total. The molecule has 3 aromatic carbocycles. The standard InChI is InChI=1S/C26H26O/c1-16-17(2)19(4)24(18(16)3)23-15-14-20-10-8-9-13-22(20)25(23)26(27)21-11-6-5-7-12-21/h5-15,24,26-27H,1-4H3. The van der Waals surface area contributed by atoms with E-state index < -0.39 is 6.10 Å². The first-order chi connectivity index (χ1) is 13.0. The van der Waals surface area contributed by atoms with Crippen molar-refractivity contribution in [1.29, 1.82) is 0 Å². The van der Waals surface area contributed by atoms with Crippen molar-refractivity contribution < 1.29 is 5.11 Å². The molecule has 0 saturated carbocycles. The average Bonchev–Trinajstić information content (AvgIpc) is 2.90. The van der Waals surface area contributed by atoms with Gasteiger partial charge in [0.25, 0.3) is 0 Å². The summed E-state index contributed by atoms with van der Waals surface area (Å²) >= 11 is 0. The highest BCUT2D eigenvalue weighted by molar-refractivity contribution is 5.88. The minimum absolute atomic E-state index is 0.239. The molecule has 0 heterocycles. The van der Waals surface area contributed by atoms with Gasteiger partial charge in [-0.15, -0.1) is 0 Å². The van der Waals surface area contributed by atoms with Crippen molar-refractivity contribution in [1.82, 2.24) is 0 Å². The largest absolute Gasteiger partial charge is 0.384 e. The number of aliphatic hydroxyl groups excluding tert-OH is 1. The molecular weight excluding hydrogens is 328 g/mol. The molecule has 3 aromatic rings. The second-order valence-electron chi connectivity index (χ2n) is 7.65. The normalized spacial score (nSPS) is 16.5. The fourth-order valence-electron chi connectivity index (χ4n) is 4.49. The Balaban J connectivity index is 2.00. The van der Waals surface area contributed by atoms with E-state index >= 15 is 0 Å². The average molecular weight is 354 g/mol. The molecule has 0 spiro atoms. The fourth-order valence-corrected chi connectivity index (χ4v) is 4.49. The number of benzene rings is 3. The predicted octanol–water partition coefficient (Wildman–Crippen LogP) is 6.69. The lowest BCUT2D eigenvalue weighted by molar-refractivity contribution is 0.220. The summed E-state index contributed by atoms with van der Waals surface area (Å²) in [6.45, 7) is 8.88. The predicted molar refractivity (Wildman–Crippen MR) is 114 cm³/mol. The van der Waals surface area contributed by atoms with E-state index in [1.54, 1.807) is 0 Å². The van der Waals surface area contributed by atoms with Gasteiger partial charge >= 0.3 is 0 Å². The molecule has 0 amide bonds. The summed E-state index contributed by atoms with van der Waals surface area (Å²) < 4.78 is 0. The van der Waals surface area contributed by atoms with Crippen LogP contribution in [0.5, 0.6) is 0 Å². The maximum Gasteiger partial charge on any atom is 0.105 e. The van der Waals surface area contributed by atoms with Crippen molar-refractivity contribution in [3.8, 4) is 0 Å². The maximum atomic E-state index is 11.4. The topological polar surface area (TPSA) is 20.2 Å². The van der Waals surface area contributed by atoms with Gasteiger partial charge in [0.2, 0.25) is 0 Å². The van der Waals surface area contributed by atoms with Gasteiger partial charge in [-0.1, -0.05) is 77.9 Å². The number of hydrogen-bond donors (Lipinski definition) is 1. The minimum atomic E-state index is -0.644. The van der Waals surface area contributed by atoms with E-state index in [2.05, 4.69) is 64.1 Å². The van der Waals surface area contributed by atoms with Crippen molar-refractivity contribution in [2.45, 2.75) is 39.7 Å².